The Labute approximate surface area is 160 Å². The molecule has 0 N–H and O–H groups in total. The van der Waals surface area contributed by atoms with Gasteiger partial charge in [-0.2, -0.15) is 0 Å². The van der Waals surface area contributed by atoms with Gasteiger partial charge in [0.15, 0.2) is 16.6 Å². The lowest BCUT2D eigenvalue weighted by atomic mass is 10.2. The number of aromatic nitrogens is 3. The number of fused-ring (bicyclic) bond motifs is 1. The lowest BCUT2D eigenvalue weighted by Gasteiger charge is -2.17. The molecule has 3 rings (SSSR count). The number of thiazole rings is 1. The zero-order valence-corrected chi connectivity index (χ0v) is 16.4. The molecule has 27 heavy (non-hydrogen) atoms. The van der Waals surface area contributed by atoms with Crippen molar-refractivity contribution in [2.45, 2.75) is 12.8 Å². The summed E-state index contributed by atoms with van der Waals surface area (Å²) in [5, 5.41) is 1.59. The Bertz CT molecular complexity index is 960. The van der Waals surface area contributed by atoms with E-state index < -0.39 is 0 Å². The molecule has 2 heterocycles. The van der Waals surface area contributed by atoms with Gasteiger partial charge in [-0.3, -0.25) is 4.79 Å². The van der Waals surface area contributed by atoms with Gasteiger partial charge in [-0.25, -0.2) is 15.0 Å². The number of ether oxygens (including phenoxy) is 3. The highest BCUT2D eigenvalue weighted by Gasteiger charge is 2.17. The predicted octanol–water partition coefficient (Wildman–Crippen LogP) is 2.98. The summed E-state index contributed by atoms with van der Waals surface area (Å²) < 4.78 is 15.4. The van der Waals surface area contributed by atoms with E-state index in [1.165, 1.54) is 24.8 Å². The first kappa shape index (κ1) is 18.8. The molecule has 0 aliphatic carbocycles. The first-order chi connectivity index (χ1) is 13.1. The fraction of sp³-hybridized carbons (Fsp3) is 0.333. The number of nitrogens with zero attached hydrogens (tertiary/aromatic N) is 4. The van der Waals surface area contributed by atoms with Crippen LogP contribution in [0.2, 0.25) is 0 Å². The van der Waals surface area contributed by atoms with Gasteiger partial charge in [-0.05, 0) is 12.5 Å². The molecule has 0 aliphatic rings. The van der Waals surface area contributed by atoms with E-state index in [2.05, 4.69) is 19.7 Å². The van der Waals surface area contributed by atoms with Crippen molar-refractivity contribution in [2.24, 2.45) is 0 Å². The zero-order chi connectivity index (χ0) is 19.4. The number of benzene rings is 1. The molecule has 0 amide bonds. The number of methoxy groups -OCH3 is 3. The van der Waals surface area contributed by atoms with Crippen LogP contribution < -0.4 is 14.4 Å². The van der Waals surface area contributed by atoms with E-state index >= 15 is 0 Å². The summed E-state index contributed by atoms with van der Waals surface area (Å²) in [6, 6.07) is 3.67. The van der Waals surface area contributed by atoms with Crippen molar-refractivity contribution in [1.82, 2.24) is 15.0 Å². The normalized spacial score (nSPS) is 10.7. The van der Waals surface area contributed by atoms with Crippen molar-refractivity contribution >= 4 is 39.2 Å². The second kappa shape index (κ2) is 8.17. The van der Waals surface area contributed by atoms with Crippen LogP contribution in [0.4, 0.5) is 10.9 Å². The van der Waals surface area contributed by atoms with Gasteiger partial charge in [0.1, 0.15) is 12.1 Å². The summed E-state index contributed by atoms with van der Waals surface area (Å²) >= 11 is 1.51. The topological polar surface area (TPSA) is 86.7 Å². The number of carbonyl (C=O) groups is 1. The van der Waals surface area contributed by atoms with Crippen molar-refractivity contribution in [3.8, 4) is 11.5 Å². The standard InChI is InChI=1S/C18H20N4O4S/c1-22(18-19-9-11(27-18)5-6-16(23)26-4)17-12-7-14(24-2)15(25-3)8-13(12)20-10-21-17/h7-10H,5-6H2,1-4H3. The molecule has 0 aliphatic heterocycles. The largest absolute Gasteiger partial charge is 0.493 e. The number of hydrogen-bond acceptors (Lipinski definition) is 9. The summed E-state index contributed by atoms with van der Waals surface area (Å²) in [6.07, 6.45) is 4.20. The van der Waals surface area contributed by atoms with Crippen molar-refractivity contribution in [2.75, 3.05) is 33.3 Å². The van der Waals surface area contributed by atoms with E-state index in [1.54, 1.807) is 20.4 Å². The highest BCUT2D eigenvalue weighted by atomic mass is 32.1. The summed E-state index contributed by atoms with van der Waals surface area (Å²) in [7, 11) is 6.45. The fourth-order valence-corrected chi connectivity index (χ4v) is 3.50. The minimum atomic E-state index is -0.235. The van der Waals surface area contributed by atoms with Crippen LogP contribution in [0, 0.1) is 0 Å². The maximum atomic E-state index is 11.3. The molecule has 0 unspecified atom stereocenters. The highest BCUT2D eigenvalue weighted by molar-refractivity contribution is 7.15. The molecule has 142 valence electrons. The lowest BCUT2D eigenvalue weighted by Crippen LogP contribution is -2.11. The molecule has 0 bridgehead atoms. The average molecular weight is 388 g/mol. The molecular weight excluding hydrogens is 368 g/mol. The molecule has 0 spiro atoms. The van der Waals surface area contributed by atoms with Gasteiger partial charge in [0.2, 0.25) is 0 Å². The number of carbonyl (C=O) groups excluding carboxylic acids is 1. The molecular formula is C18H20N4O4S. The van der Waals surface area contributed by atoms with Gasteiger partial charge in [0.05, 0.1) is 33.3 Å². The fourth-order valence-electron chi connectivity index (χ4n) is 2.62. The van der Waals surface area contributed by atoms with Crippen LogP contribution >= 0.6 is 11.3 Å². The van der Waals surface area contributed by atoms with Gasteiger partial charge in [0.25, 0.3) is 0 Å². The van der Waals surface area contributed by atoms with E-state index in [-0.39, 0.29) is 5.97 Å². The smallest absolute Gasteiger partial charge is 0.305 e. The SMILES string of the molecule is COC(=O)CCc1cnc(N(C)c2ncnc3cc(OC)c(OC)cc23)s1. The minimum Gasteiger partial charge on any atom is -0.493 e. The Balaban J connectivity index is 1.92. The molecule has 1 aromatic carbocycles. The number of esters is 1. The second-order valence-electron chi connectivity index (χ2n) is 5.67. The number of aryl methyl sites for hydroxylation is 1. The highest BCUT2D eigenvalue weighted by Crippen LogP contribution is 2.37. The van der Waals surface area contributed by atoms with E-state index in [9.17, 15) is 4.79 Å². The van der Waals surface area contributed by atoms with Crippen molar-refractivity contribution in [1.29, 1.82) is 0 Å². The monoisotopic (exact) mass is 388 g/mol. The molecule has 0 radical (unpaired) electrons. The van der Waals surface area contributed by atoms with Crippen molar-refractivity contribution in [3.63, 3.8) is 0 Å². The molecule has 0 saturated heterocycles. The quantitative estimate of drug-likeness (QED) is 0.571. The van der Waals surface area contributed by atoms with Crippen LogP contribution in [-0.2, 0) is 16.0 Å². The van der Waals surface area contributed by atoms with Crippen LogP contribution in [-0.4, -0.2) is 49.3 Å². The van der Waals surface area contributed by atoms with Gasteiger partial charge < -0.3 is 19.1 Å². The van der Waals surface area contributed by atoms with Gasteiger partial charge in [-0.1, -0.05) is 0 Å². The molecule has 9 heteroatoms. The Kier molecular flexibility index (Phi) is 5.70. The molecule has 0 fully saturated rings. The molecule has 3 aromatic rings. The maximum absolute atomic E-state index is 11.3. The van der Waals surface area contributed by atoms with Crippen LogP contribution in [0.15, 0.2) is 24.7 Å². The number of anilines is 2. The molecule has 0 atom stereocenters. The summed E-state index contributed by atoms with van der Waals surface area (Å²) in [4.78, 5) is 27.4. The molecule has 8 nitrogen and oxygen atoms in total. The van der Waals surface area contributed by atoms with Crippen LogP contribution in [0.5, 0.6) is 11.5 Å². The molecule has 2 aromatic heterocycles. The van der Waals surface area contributed by atoms with Gasteiger partial charge in [-0.15, -0.1) is 11.3 Å². The van der Waals surface area contributed by atoms with Gasteiger partial charge >= 0.3 is 5.97 Å². The summed E-state index contributed by atoms with van der Waals surface area (Å²) in [5.74, 6) is 1.68. The predicted molar refractivity (Wildman–Crippen MR) is 103 cm³/mol. The average Bonchev–Trinajstić information content (AvgIpc) is 3.18. The van der Waals surface area contributed by atoms with Crippen molar-refractivity contribution in [3.05, 3.63) is 29.5 Å². The zero-order valence-electron chi connectivity index (χ0n) is 15.6. The van der Waals surface area contributed by atoms with E-state index in [0.717, 1.165) is 20.9 Å². The Hall–Kier alpha value is -2.94. The first-order valence-electron chi connectivity index (χ1n) is 8.19. The van der Waals surface area contributed by atoms with Crippen LogP contribution in [0.1, 0.15) is 11.3 Å². The van der Waals surface area contributed by atoms with Crippen LogP contribution in [0.25, 0.3) is 10.9 Å². The Morgan fingerprint density at radius 2 is 1.85 bits per heavy atom. The summed E-state index contributed by atoms with van der Waals surface area (Å²) in [6.45, 7) is 0. The molecule has 0 saturated carbocycles. The lowest BCUT2D eigenvalue weighted by molar-refractivity contribution is -0.140. The first-order valence-corrected chi connectivity index (χ1v) is 9.01. The third kappa shape index (κ3) is 3.92. The Morgan fingerprint density at radius 3 is 2.56 bits per heavy atom. The van der Waals surface area contributed by atoms with E-state index in [0.29, 0.717) is 30.2 Å². The third-order valence-electron chi connectivity index (χ3n) is 4.07. The van der Waals surface area contributed by atoms with Crippen LogP contribution in [0.3, 0.4) is 0 Å². The van der Waals surface area contributed by atoms with Gasteiger partial charge in [0, 0.05) is 29.6 Å². The number of rotatable bonds is 7. The second-order valence-corrected chi connectivity index (χ2v) is 6.76. The van der Waals surface area contributed by atoms with E-state index in [1.807, 2.05) is 24.1 Å². The maximum Gasteiger partial charge on any atom is 0.305 e. The van der Waals surface area contributed by atoms with E-state index in [4.69, 9.17) is 9.47 Å². The number of hydrogen-bond donors (Lipinski definition) is 0. The summed E-state index contributed by atoms with van der Waals surface area (Å²) in [5.41, 5.74) is 0.743. The Morgan fingerprint density at radius 1 is 1.11 bits per heavy atom. The third-order valence-corrected chi connectivity index (χ3v) is 5.20. The minimum absolute atomic E-state index is 0.235. The van der Waals surface area contributed by atoms with Crippen molar-refractivity contribution < 1.29 is 19.0 Å².